The van der Waals surface area contributed by atoms with Crippen molar-refractivity contribution in [1.82, 2.24) is 14.7 Å². The smallest absolute Gasteiger partial charge is 0.254 e. The second kappa shape index (κ2) is 6.85. The lowest BCUT2D eigenvalue weighted by Gasteiger charge is -2.35. The first-order chi connectivity index (χ1) is 12.5. The molecule has 4 rings (SSSR count). The molecule has 2 saturated heterocycles. The number of benzene rings is 1. The van der Waals surface area contributed by atoms with Crippen molar-refractivity contribution in [1.29, 1.82) is 0 Å². The van der Waals surface area contributed by atoms with Crippen LogP contribution in [0.15, 0.2) is 42.7 Å². The minimum absolute atomic E-state index is 0.0371. The molecule has 1 amide bonds. The Balaban J connectivity index is 1.36. The number of amides is 1. The topological polar surface area (TPSA) is 76.7 Å². The molecule has 3 heterocycles. The lowest BCUT2D eigenvalue weighted by Crippen LogP contribution is -3.18. The fourth-order valence-corrected chi connectivity index (χ4v) is 5.71. The third-order valence-corrected chi connectivity index (χ3v) is 7.15. The molecule has 1 aromatic carbocycles. The molecule has 26 heavy (non-hydrogen) atoms. The maximum Gasteiger partial charge on any atom is 0.254 e. The average molecular weight is 375 g/mol. The van der Waals surface area contributed by atoms with Gasteiger partial charge in [0.25, 0.3) is 5.91 Å². The molecule has 2 aliphatic rings. The standard InChI is InChI=1S/C18H22N4O3S/c23-18(15-2-4-16(5-3-15)22-8-1-7-19-22)21-11-9-20(10-12-21)17-6-13-26(24,25)14-17/h1-5,7-8,17H,6,9-14H2/p+1/t17-/m1/s1. The van der Waals surface area contributed by atoms with Crippen LogP contribution in [-0.4, -0.2) is 72.7 Å². The second-order valence-electron chi connectivity index (χ2n) is 7.05. The summed E-state index contributed by atoms with van der Waals surface area (Å²) in [6.07, 6.45) is 4.33. The molecular formula is C18H23N4O3S+. The van der Waals surface area contributed by atoms with Crippen molar-refractivity contribution in [3.8, 4) is 5.69 Å². The summed E-state index contributed by atoms with van der Waals surface area (Å²) in [5, 5.41) is 4.18. The Hall–Kier alpha value is -2.19. The number of hydrogen-bond donors (Lipinski definition) is 1. The van der Waals surface area contributed by atoms with Crippen molar-refractivity contribution in [3.05, 3.63) is 48.3 Å². The Labute approximate surface area is 153 Å². The van der Waals surface area contributed by atoms with E-state index in [0.29, 0.717) is 30.2 Å². The van der Waals surface area contributed by atoms with E-state index in [4.69, 9.17) is 0 Å². The fourth-order valence-electron chi connectivity index (χ4n) is 3.88. The van der Waals surface area contributed by atoms with E-state index in [2.05, 4.69) is 5.10 Å². The summed E-state index contributed by atoms with van der Waals surface area (Å²) in [5.41, 5.74) is 1.59. The fraction of sp³-hybridized carbons (Fsp3) is 0.444. The zero-order valence-corrected chi connectivity index (χ0v) is 15.4. The first-order valence-corrected chi connectivity index (χ1v) is 10.8. The molecule has 0 radical (unpaired) electrons. The molecule has 0 saturated carbocycles. The van der Waals surface area contributed by atoms with Gasteiger partial charge in [-0.05, 0) is 30.3 Å². The van der Waals surface area contributed by atoms with Crippen LogP contribution in [-0.2, 0) is 9.84 Å². The highest BCUT2D eigenvalue weighted by Crippen LogP contribution is 2.12. The van der Waals surface area contributed by atoms with E-state index in [1.54, 1.807) is 10.9 Å². The van der Waals surface area contributed by atoms with Crippen molar-refractivity contribution >= 4 is 15.7 Å². The van der Waals surface area contributed by atoms with Crippen LogP contribution in [0.2, 0.25) is 0 Å². The van der Waals surface area contributed by atoms with Crippen molar-refractivity contribution < 1.29 is 18.1 Å². The van der Waals surface area contributed by atoms with Crippen molar-refractivity contribution in [3.63, 3.8) is 0 Å². The van der Waals surface area contributed by atoms with Crippen LogP contribution in [0.5, 0.6) is 0 Å². The van der Waals surface area contributed by atoms with Gasteiger partial charge in [0.15, 0.2) is 9.84 Å². The average Bonchev–Trinajstić information content (AvgIpc) is 3.31. The number of carbonyl (C=O) groups is 1. The summed E-state index contributed by atoms with van der Waals surface area (Å²) in [4.78, 5) is 15.9. The number of aromatic nitrogens is 2. The molecule has 2 fully saturated rings. The number of sulfone groups is 1. The number of nitrogens with one attached hydrogen (secondary N) is 1. The maximum absolute atomic E-state index is 12.7. The van der Waals surface area contributed by atoms with Crippen LogP contribution in [0.3, 0.4) is 0 Å². The van der Waals surface area contributed by atoms with Gasteiger partial charge in [0.2, 0.25) is 0 Å². The molecule has 2 aromatic rings. The molecule has 0 aliphatic carbocycles. The molecule has 1 N–H and O–H groups in total. The van der Waals surface area contributed by atoms with E-state index in [9.17, 15) is 13.2 Å². The van der Waals surface area contributed by atoms with Crippen LogP contribution >= 0.6 is 0 Å². The van der Waals surface area contributed by atoms with Gasteiger partial charge in [-0.1, -0.05) is 0 Å². The van der Waals surface area contributed by atoms with Gasteiger partial charge in [0.1, 0.15) is 11.8 Å². The van der Waals surface area contributed by atoms with Gasteiger partial charge in [0, 0.05) is 24.4 Å². The van der Waals surface area contributed by atoms with E-state index in [-0.39, 0.29) is 11.9 Å². The Morgan fingerprint density at radius 2 is 1.88 bits per heavy atom. The summed E-state index contributed by atoms with van der Waals surface area (Å²) in [7, 11) is -2.85. The van der Waals surface area contributed by atoms with Crippen LogP contribution < -0.4 is 4.90 Å². The van der Waals surface area contributed by atoms with Gasteiger partial charge < -0.3 is 9.80 Å². The number of carbonyl (C=O) groups excluding carboxylic acids is 1. The first kappa shape index (κ1) is 17.2. The molecule has 0 spiro atoms. The minimum Gasteiger partial charge on any atom is -0.329 e. The predicted octanol–water partition coefficient (Wildman–Crippen LogP) is -0.600. The highest BCUT2D eigenvalue weighted by Gasteiger charge is 2.37. The maximum atomic E-state index is 12.7. The van der Waals surface area contributed by atoms with E-state index < -0.39 is 9.84 Å². The first-order valence-electron chi connectivity index (χ1n) is 8.96. The Morgan fingerprint density at radius 3 is 2.46 bits per heavy atom. The molecule has 0 bridgehead atoms. The molecule has 8 heteroatoms. The zero-order valence-electron chi connectivity index (χ0n) is 14.5. The third-order valence-electron chi connectivity index (χ3n) is 5.39. The van der Waals surface area contributed by atoms with Gasteiger partial charge in [0.05, 0.1) is 37.6 Å². The van der Waals surface area contributed by atoms with Crippen molar-refractivity contribution in [2.45, 2.75) is 12.5 Å². The van der Waals surface area contributed by atoms with Crippen LogP contribution in [0.25, 0.3) is 5.69 Å². The van der Waals surface area contributed by atoms with E-state index >= 15 is 0 Å². The zero-order chi connectivity index (χ0) is 18.1. The second-order valence-corrected chi connectivity index (χ2v) is 9.28. The number of quaternary nitrogens is 1. The molecule has 1 aromatic heterocycles. The Morgan fingerprint density at radius 1 is 1.15 bits per heavy atom. The summed E-state index contributed by atoms with van der Waals surface area (Å²) >= 11 is 0. The number of piperazine rings is 1. The Bertz CT molecular complexity index is 870. The lowest BCUT2D eigenvalue weighted by molar-refractivity contribution is -0.925. The molecule has 0 unspecified atom stereocenters. The SMILES string of the molecule is O=C(c1ccc(-n2cccn2)cc1)N1CC[NH+]([C@@H]2CCS(=O)(=O)C2)CC1. The van der Waals surface area contributed by atoms with Crippen LogP contribution in [0, 0.1) is 0 Å². The molecule has 7 nitrogen and oxygen atoms in total. The Kier molecular flexibility index (Phi) is 4.54. The van der Waals surface area contributed by atoms with E-state index in [1.165, 1.54) is 4.90 Å². The quantitative estimate of drug-likeness (QED) is 0.777. The summed E-state index contributed by atoms with van der Waals surface area (Å²) in [6, 6.07) is 9.52. The van der Waals surface area contributed by atoms with Gasteiger partial charge in [-0.25, -0.2) is 13.1 Å². The van der Waals surface area contributed by atoms with E-state index in [0.717, 1.165) is 25.2 Å². The third kappa shape index (κ3) is 3.52. The van der Waals surface area contributed by atoms with Gasteiger partial charge in [-0.15, -0.1) is 0 Å². The summed E-state index contributed by atoms with van der Waals surface area (Å²) in [6.45, 7) is 2.98. The van der Waals surface area contributed by atoms with Gasteiger partial charge in [-0.3, -0.25) is 4.79 Å². The minimum atomic E-state index is -2.85. The highest BCUT2D eigenvalue weighted by molar-refractivity contribution is 7.91. The van der Waals surface area contributed by atoms with Gasteiger partial charge >= 0.3 is 0 Å². The van der Waals surface area contributed by atoms with E-state index in [1.807, 2.05) is 41.4 Å². The van der Waals surface area contributed by atoms with Crippen molar-refractivity contribution in [2.75, 3.05) is 37.7 Å². The molecule has 2 aliphatic heterocycles. The van der Waals surface area contributed by atoms with Crippen LogP contribution in [0.4, 0.5) is 0 Å². The van der Waals surface area contributed by atoms with Crippen molar-refractivity contribution in [2.24, 2.45) is 0 Å². The number of rotatable bonds is 3. The largest absolute Gasteiger partial charge is 0.329 e. The normalized spacial score (nSPS) is 23.2. The monoisotopic (exact) mass is 375 g/mol. The van der Waals surface area contributed by atoms with Gasteiger partial charge in [-0.2, -0.15) is 5.10 Å². The molecule has 1 atom stereocenters. The summed E-state index contributed by atoms with van der Waals surface area (Å²) < 4.78 is 25.1. The molecular weight excluding hydrogens is 352 g/mol. The number of hydrogen-bond acceptors (Lipinski definition) is 4. The summed E-state index contributed by atoms with van der Waals surface area (Å²) in [5.74, 6) is 0.646. The lowest BCUT2D eigenvalue weighted by atomic mass is 10.1. The predicted molar refractivity (Wildman–Crippen MR) is 97.2 cm³/mol. The highest BCUT2D eigenvalue weighted by atomic mass is 32.2. The molecule has 138 valence electrons. The number of nitrogens with zero attached hydrogens (tertiary/aromatic N) is 3. The van der Waals surface area contributed by atoms with Crippen LogP contribution in [0.1, 0.15) is 16.8 Å².